The first-order valence-electron chi connectivity index (χ1n) is 5.97. The molecule has 1 saturated carbocycles. The molecule has 0 bridgehead atoms. The summed E-state index contributed by atoms with van der Waals surface area (Å²) in [6, 6.07) is 4.68. The normalized spacial score (nSPS) is 21.4. The van der Waals surface area contributed by atoms with Gasteiger partial charge in [-0.05, 0) is 29.0 Å². The molecule has 0 atom stereocenters. The monoisotopic (exact) mass is 365 g/mol. The van der Waals surface area contributed by atoms with Crippen LogP contribution in [0.1, 0.15) is 27.7 Å². The molecule has 2 rings (SSSR count). The van der Waals surface area contributed by atoms with Gasteiger partial charge in [0.05, 0.1) is 5.02 Å². The molecule has 0 radical (unpaired) electrons. The third-order valence-electron chi connectivity index (χ3n) is 4.48. The Labute approximate surface area is 127 Å². The number of benzene rings is 1. The second-order valence-corrected chi connectivity index (χ2v) is 9.08. The highest BCUT2D eigenvalue weighted by molar-refractivity contribution is 9.10. The van der Waals surface area contributed by atoms with Crippen molar-refractivity contribution in [3.8, 4) is 0 Å². The molecule has 0 amide bonds. The zero-order valence-corrected chi connectivity index (χ0v) is 14.4. The zero-order chi connectivity index (χ0) is 14.6. The topological polar surface area (TPSA) is 46.2 Å². The molecule has 1 fully saturated rings. The predicted molar refractivity (Wildman–Crippen MR) is 80.8 cm³/mol. The van der Waals surface area contributed by atoms with Crippen molar-refractivity contribution >= 4 is 37.6 Å². The Morgan fingerprint density at radius 3 is 2.16 bits per heavy atom. The molecular formula is C13H17BrClNO2S. The average Bonchev–Trinajstić information content (AvgIpc) is 2.59. The van der Waals surface area contributed by atoms with Crippen molar-refractivity contribution in [2.75, 3.05) is 0 Å². The first kappa shape index (κ1) is 15.3. The molecule has 0 saturated heterocycles. The van der Waals surface area contributed by atoms with Gasteiger partial charge in [0.25, 0.3) is 0 Å². The van der Waals surface area contributed by atoms with E-state index in [1.807, 2.05) is 0 Å². The lowest BCUT2D eigenvalue weighted by atomic mass is 10.0. The van der Waals surface area contributed by atoms with E-state index in [1.165, 1.54) is 6.07 Å². The molecular weight excluding hydrogens is 350 g/mol. The molecule has 0 unspecified atom stereocenters. The fraction of sp³-hybridized carbons (Fsp3) is 0.538. The fourth-order valence-electron chi connectivity index (χ4n) is 2.40. The Balaban J connectivity index is 2.30. The molecule has 1 N–H and O–H groups in total. The van der Waals surface area contributed by atoms with E-state index in [0.717, 1.165) is 4.47 Å². The van der Waals surface area contributed by atoms with Crippen LogP contribution < -0.4 is 4.72 Å². The molecule has 19 heavy (non-hydrogen) atoms. The number of hydrogen-bond donors (Lipinski definition) is 1. The summed E-state index contributed by atoms with van der Waals surface area (Å²) in [4.78, 5) is 0.121. The minimum absolute atomic E-state index is 0.0537. The van der Waals surface area contributed by atoms with Gasteiger partial charge >= 0.3 is 0 Å². The van der Waals surface area contributed by atoms with E-state index in [2.05, 4.69) is 48.3 Å². The molecule has 6 heteroatoms. The highest BCUT2D eigenvalue weighted by Crippen LogP contribution is 2.63. The van der Waals surface area contributed by atoms with E-state index in [9.17, 15) is 8.42 Å². The molecule has 3 nitrogen and oxygen atoms in total. The van der Waals surface area contributed by atoms with Crippen molar-refractivity contribution in [1.82, 2.24) is 4.72 Å². The van der Waals surface area contributed by atoms with Gasteiger partial charge in [0.1, 0.15) is 4.90 Å². The lowest BCUT2D eigenvalue weighted by Crippen LogP contribution is -2.30. The van der Waals surface area contributed by atoms with Crippen molar-refractivity contribution in [3.63, 3.8) is 0 Å². The first-order chi connectivity index (χ1) is 8.50. The minimum Gasteiger partial charge on any atom is -0.207 e. The van der Waals surface area contributed by atoms with Crippen LogP contribution in [0.15, 0.2) is 27.6 Å². The van der Waals surface area contributed by atoms with E-state index in [1.54, 1.807) is 12.1 Å². The summed E-state index contributed by atoms with van der Waals surface area (Å²) >= 11 is 9.27. The zero-order valence-electron chi connectivity index (χ0n) is 11.3. The van der Waals surface area contributed by atoms with Gasteiger partial charge in [-0.15, -0.1) is 0 Å². The van der Waals surface area contributed by atoms with Gasteiger partial charge in [-0.3, -0.25) is 0 Å². The van der Waals surface area contributed by atoms with Crippen LogP contribution >= 0.6 is 27.5 Å². The maximum absolute atomic E-state index is 12.4. The Kier molecular flexibility index (Phi) is 3.58. The summed E-state index contributed by atoms with van der Waals surface area (Å²) in [7, 11) is -3.59. The van der Waals surface area contributed by atoms with Gasteiger partial charge in [-0.1, -0.05) is 55.2 Å². The van der Waals surface area contributed by atoms with Crippen molar-refractivity contribution in [2.24, 2.45) is 10.8 Å². The van der Waals surface area contributed by atoms with E-state index in [-0.39, 0.29) is 26.8 Å². The Hall–Kier alpha value is -0.100. The molecule has 0 aromatic heterocycles. The van der Waals surface area contributed by atoms with Crippen LogP contribution in [-0.2, 0) is 10.0 Å². The second kappa shape index (κ2) is 4.45. The third-order valence-corrected chi connectivity index (χ3v) is 6.88. The largest absolute Gasteiger partial charge is 0.242 e. The van der Waals surface area contributed by atoms with Gasteiger partial charge in [-0.25, -0.2) is 13.1 Å². The molecule has 1 aromatic carbocycles. The minimum atomic E-state index is -3.59. The lowest BCUT2D eigenvalue weighted by Gasteiger charge is -2.10. The molecule has 0 spiro atoms. The molecule has 106 valence electrons. The van der Waals surface area contributed by atoms with E-state index in [0.29, 0.717) is 0 Å². The van der Waals surface area contributed by atoms with Crippen LogP contribution in [0.5, 0.6) is 0 Å². The summed E-state index contributed by atoms with van der Waals surface area (Å²) in [6.07, 6.45) is 0. The van der Waals surface area contributed by atoms with Gasteiger partial charge in [0.15, 0.2) is 0 Å². The third kappa shape index (κ3) is 2.46. The highest BCUT2D eigenvalue weighted by Gasteiger charge is 2.66. The van der Waals surface area contributed by atoms with Crippen molar-refractivity contribution < 1.29 is 8.42 Å². The SMILES string of the molecule is CC1(C)C(NS(=O)(=O)c2ccc(Br)cc2Cl)C1(C)C. The molecule has 1 aliphatic carbocycles. The summed E-state index contributed by atoms with van der Waals surface area (Å²) in [6.45, 7) is 8.24. The number of halogens is 2. The van der Waals surface area contributed by atoms with Gasteiger partial charge in [-0.2, -0.15) is 0 Å². The first-order valence-corrected chi connectivity index (χ1v) is 8.63. The summed E-state index contributed by atoms with van der Waals surface area (Å²) in [5.74, 6) is 0. The predicted octanol–water partition coefficient (Wildman–Crippen LogP) is 3.82. The van der Waals surface area contributed by atoms with E-state index < -0.39 is 10.0 Å². The summed E-state index contributed by atoms with van der Waals surface area (Å²) < 4.78 is 28.3. The summed E-state index contributed by atoms with van der Waals surface area (Å²) in [5, 5.41) is 0.220. The maximum Gasteiger partial charge on any atom is 0.242 e. The van der Waals surface area contributed by atoms with Gasteiger partial charge < -0.3 is 0 Å². The van der Waals surface area contributed by atoms with Crippen molar-refractivity contribution in [1.29, 1.82) is 0 Å². The summed E-state index contributed by atoms with van der Waals surface area (Å²) in [5.41, 5.74) is -0.107. The van der Waals surface area contributed by atoms with Crippen molar-refractivity contribution in [3.05, 3.63) is 27.7 Å². The quantitative estimate of drug-likeness (QED) is 0.884. The number of hydrogen-bond acceptors (Lipinski definition) is 2. The molecule has 1 aliphatic rings. The van der Waals surface area contributed by atoms with Crippen LogP contribution in [0, 0.1) is 10.8 Å². The maximum atomic E-state index is 12.4. The molecule has 0 aliphatic heterocycles. The lowest BCUT2D eigenvalue weighted by molar-refractivity contribution is 0.457. The smallest absolute Gasteiger partial charge is 0.207 e. The number of sulfonamides is 1. The van der Waals surface area contributed by atoms with Crippen LogP contribution in [0.25, 0.3) is 0 Å². The van der Waals surface area contributed by atoms with E-state index >= 15 is 0 Å². The van der Waals surface area contributed by atoms with Crippen LogP contribution in [-0.4, -0.2) is 14.5 Å². The van der Waals surface area contributed by atoms with Crippen LogP contribution in [0.2, 0.25) is 5.02 Å². The van der Waals surface area contributed by atoms with Gasteiger partial charge in [0.2, 0.25) is 10.0 Å². The van der Waals surface area contributed by atoms with E-state index in [4.69, 9.17) is 11.6 Å². The standard InChI is InChI=1S/C13H17BrClNO2S/c1-12(2)11(13(12,3)4)16-19(17,18)10-6-5-8(14)7-9(10)15/h5-7,11,16H,1-4H3. The average molecular weight is 367 g/mol. The Morgan fingerprint density at radius 2 is 1.74 bits per heavy atom. The highest BCUT2D eigenvalue weighted by atomic mass is 79.9. The molecule has 0 heterocycles. The second-order valence-electron chi connectivity index (χ2n) is 6.07. The van der Waals surface area contributed by atoms with Crippen molar-refractivity contribution in [2.45, 2.75) is 38.6 Å². The molecule has 1 aromatic rings. The number of rotatable bonds is 3. The van der Waals surface area contributed by atoms with Gasteiger partial charge in [0, 0.05) is 10.5 Å². The number of nitrogens with one attached hydrogen (secondary N) is 1. The Bertz CT molecular complexity index is 612. The van der Waals surface area contributed by atoms with Crippen LogP contribution in [0.4, 0.5) is 0 Å². The fourth-order valence-corrected chi connectivity index (χ4v) is 4.97. The van der Waals surface area contributed by atoms with Crippen LogP contribution in [0.3, 0.4) is 0 Å². The Morgan fingerprint density at radius 1 is 1.21 bits per heavy atom.